The fourth-order valence-corrected chi connectivity index (χ4v) is 5.80. The van der Waals surface area contributed by atoms with Crippen molar-refractivity contribution in [2.45, 2.75) is 35.0 Å². The number of H-pyrrole nitrogens is 2. The predicted octanol–water partition coefficient (Wildman–Crippen LogP) is 0.704. The second kappa shape index (κ2) is 11.3. The lowest BCUT2D eigenvalue weighted by atomic mass is 10.0. The predicted molar refractivity (Wildman–Crippen MR) is 132 cm³/mol. The number of Topliss-reactive ketones (excluding diaryl/α,β-unsaturated/α-hetero) is 2. The highest BCUT2D eigenvalue weighted by Gasteiger charge is 2.29. The highest BCUT2D eigenvalue weighted by Crippen LogP contribution is 2.37. The fourth-order valence-electron chi connectivity index (χ4n) is 3.41. The minimum Gasteiger partial charge on any atom is -0.618 e. The van der Waals surface area contributed by atoms with Gasteiger partial charge in [-0.3, -0.25) is 9.59 Å². The fraction of sp³-hybridized carbons (Fsp3) is 0.182. The number of pyridine rings is 2. The maximum absolute atomic E-state index is 13.1. The molecule has 0 unspecified atom stereocenters. The molecule has 0 aliphatic heterocycles. The molecule has 2 atom stereocenters. The summed E-state index contributed by atoms with van der Waals surface area (Å²) in [5, 5.41) is 25.2. The second-order valence-electron chi connectivity index (χ2n) is 7.74. The van der Waals surface area contributed by atoms with Crippen molar-refractivity contribution in [3.8, 4) is 0 Å². The van der Waals surface area contributed by atoms with Crippen molar-refractivity contribution >= 4 is 33.2 Å². The van der Waals surface area contributed by atoms with E-state index < -0.39 is 23.7 Å². The number of carbonyl (C=O) groups excluding carboxylic acids is 2. The molecule has 0 saturated carbocycles. The molecule has 0 spiro atoms. The molecule has 6 N–H and O–H groups in total. The number of imidazole rings is 2. The zero-order chi connectivity index (χ0) is 25.7. The van der Waals surface area contributed by atoms with Crippen molar-refractivity contribution in [3.05, 3.63) is 94.6 Å². The molecule has 0 aliphatic carbocycles. The second-order valence-corrected chi connectivity index (χ2v) is 9.85. The Morgan fingerprint density at radius 2 is 1.25 bits per heavy atom. The topological polar surface area (TPSA) is 197 Å². The molecule has 4 heterocycles. The minimum absolute atomic E-state index is 0.0352. The third-order valence-corrected chi connectivity index (χ3v) is 7.60. The van der Waals surface area contributed by atoms with E-state index in [4.69, 9.17) is 11.5 Å². The van der Waals surface area contributed by atoms with Gasteiger partial charge in [0, 0.05) is 59.0 Å². The Balaban J connectivity index is 1.55. The van der Waals surface area contributed by atoms with Crippen LogP contribution in [0.25, 0.3) is 0 Å². The third-order valence-electron chi connectivity index (χ3n) is 5.20. The van der Waals surface area contributed by atoms with Crippen LogP contribution in [0.4, 0.5) is 0 Å². The number of hydrogen-bond donors (Lipinski definition) is 4. The summed E-state index contributed by atoms with van der Waals surface area (Å²) in [6, 6.07) is 4.00. The smallest absolute Gasteiger partial charge is 0.273 e. The zero-order valence-corrected chi connectivity index (χ0v) is 20.4. The SMILES string of the molecule is N[C@@H](Cc1c[nH]cn1)C(=O)c1ccc[n+]([O-])c1SSc1c(C(=O)[C@@H](N)Cc2c[nH]cn2)ccc[n+]1[O-]. The largest absolute Gasteiger partial charge is 0.618 e. The van der Waals surface area contributed by atoms with Crippen molar-refractivity contribution in [1.29, 1.82) is 0 Å². The van der Waals surface area contributed by atoms with Gasteiger partial charge in [-0.05, 0) is 12.1 Å². The van der Waals surface area contributed by atoms with Crippen LogP contribution in [0.3, 0.4) is 0 Å². The molecule has 4 rings (SSSR count). The lowest BCUT2D eigenvalue weighted by Gasteiger charge is -2.13. The number of nitrogens with two attached hydrogens (primary N) is 2. The van der Waals surface area contributed by atoms with E-state index in [-0.39, 0.29) is 34.0 Å². The van der Waals surface area contributed by atoms with Crippen LogP contribution >= 0.6 is 21.6 Å². The average molecular weight is 527 g/mol. The number of aromatic amines is 2. The average Bonchev–Trinajstić information content (AvgIpc) is 3.57. The van der Waals surface area contributed by atoms with Crippen LogP contribution in [0, 0.1) is 10.4 Å². The van der Waals surface area contributed by atoms with Crippen molar-refractivity contribution in [3.63, 3.8) is 0 Å². The molecule has 0 radical (unpaired) electrons. The minimum atomic E-state index is -0.932. The molecule has 0 bridgehead atoms. The molecule has 0 saturated heterocycles. The maximum atomic E-state index is 13.1. The van der Waals surface area contributed by atoms with E-state index >= 15 is 0 Å². The molecular formula is C22H22N8O4S2. The summed E-state index contributed by atoms with van der Waals surface area (Å²) in [7, 11) is 1.76. The number of nitrogens with zero attached hydrogens (tertiary/aromatic N) is 4. The van der Waals surface area contributed by atoms with Gasteiger partial charge in [0.15, 0.2) is 24.0 Å². The molecule has 0 aromatic carbocycles. The van der Waals surface area contributed by atoms with Crippen LogP contribution in [-0.4, -0.2) is 43.6 Å². The zero-order valence-electron chi connectivity index (χ0n) is 18.7. The molecule has 0 amide bonds. The molecule has 4 aromatic rings. The van der Waals surface area contributed by atoms with E-state index in [0.29, 0.717) is 20.8 Å². The first-order chi connectivity index (χ1) is 17.3. The van der Waals surface area contributed by atoms with E-state index in [0.717, 1.165) is 21.6 Å². The summed E-state index contributed by atoms with van der Waals surface area (Å²) in [5.74, 6) is -0.904. The summed E-state index contributed by atoms with van der Waals surface area (Å²) >= 11 is 0. The highest BCUT2D eigenvalue weighted by molar-refractivity contribution is 8.76. The van der Waals surface area contributed by atoms with Gasteiger partial charge < -0.3 is 31.8 Å². The third kappa shape index (κ3) is 5.73. The first kappa shape index (κ1) is 25.4. The van der Waals surface area contributed by atoms with Crippen LogP contribution in [-0.2, 0) is 12.8 Å². The lowest BCUT2D eigenvalue weighted by Crippen LogP contribution is -2.38. The van der Waals surface area contributed by atoms with Gasteiger partial charge in [-0.25, -0.2) is 9.97 Å². The monoisotopic (exact) mass is 526 g/mol. The lowest BCUT2D eigenvalue weighted by molar-refractivity contribution is -0.646. The van der Waals surface area contributed by atoms with Gasteiger partial charge >= 0.3 is 0 Å². The summed E-state index contributed by atoms with van der Waals surface area (Å²) in [6.45, 7) is 0. The van der Waals surface area contributed by atoms with Gasteiger partial charge in [0.1, 0.15) is 11.1 Å². The van der Waals surface area contributed by atoms with Crippen LogP contribution in [0.15, 0.2) is 71.8 Å². The Morgan fingerprint density at radius 3 is 1.61 bits per heavy atom. The van der Waals surface area contributed by atoms with Crippen molar-refractivity contribution in [2.75, 3.05) is 0 Å². The Morgan fingerprint density at radius 1 is 0.833 bits per heavy atom. The first-order valence-electron chi connectivity index (χ1n) is 10.7. The highest BCUT2D eigenvalue weighted by atomic mass is 33.1. The number of aromatic nitrogens is 6. The van der Waals surface area contributed by atoms with Gasteiger partial charge in [0.05, 0.1) is 36.1 Å². The number of rotatable bonds is 11. The van der Waals surface area contributed by atoms with Gasteiger partial charge in [-0.15, -0.1) is 0 Å². The molecule has 186 valence electrons. The van der Waals surface area contributed by atoms with Crippen molar-refractivity contribution in [1.82, 2.24) is 19.9 Å². The number of hydrogen-bond acceptors (Lipinski definition) is 10. The van der Waals surface area contributed by atoms with E-state index in [1.54, 1.807) is 12.4 Å². The molecule has 4 aromatic heterocycles. The number of nitrogens with one attached hydrogen (secondary N) is 2. The Bertz CT molecular complexity index is 1240. The number of carbonyl (C=O) groups is 2. The maximum Gasteiger partial charge on any atom is 0.273 e. The molecule has 12 nitrogen and oxygen atoms in total. The van der Waals surface area contributed by atoms with Crippen LogP contribution in [0.2, 0.25) is 0 Å². The molecular weight excluding hydrogens is 504 g/mol. The van der Waals surface area contributed by atoms with Crippen LogP contribution in [0.1, 0.15) is 32.1 Å². The van der Waals surface area contributed by atoms with Crippen LogP contribution in [0.5, 0.6) is 0 Å². The summed E-state index contributed by atoms with van der Waals surface area (Å²) in [6.07, 6.45) is 9.07. The van der Waals surface area contributed by atoms with Crippen molar-refractivity contribution in [2.24, 2.45) is 11.5 Å². The molecule has 0 fully saturated rings. The summed E-state index contributed by atoms with van der Waals surface area (Å²) in [4.78, 5) is 39.9. The van der Waals surface area contributed by atoms with E-state index in [9.17, 15) is 20.0 Å². The molecule has 0 aliphatic rings. The Labute approximate surface area is 213 Å². The first-order valence-corrected chi connectivity index (χ1v) is 12.8. The Hall–Kier alpha value is -3.72. The number of ketones is 2. The Kier molecular flexibility index (Phi) is 8.00. The van der Waals surface area contributed by atoms with Crippen molar-refractivity contribution < 1.29 is 19.0 Å². The van der Waals surface area contributed by atoms with Gasteiger partial charge in [0.2, 0.25) is 0 Å². The van der Waals surface area contributed by atoms with E-state index in [2.05, 4.69) is 19.9 Å². The van der Waals surface area contributed by atoms with Gasteiger partial charge in [-0.1, -0.05) is 0 Å². The van der Waals surface area contributed by atoms with E-state index in [1.165, 1.54) is 49.3 Å². The van der Waals surface area contributed by atoms with Gasteiger partial charge in [-0.2, -0.15) is 9.46 Å². The quantitative estimate of drug-likeness (QED) is 0.0934. The summed E-state index contributed by atoms with van der Waals surface area (Å²) in [5.41, 5.74) is 13.6. The van der Waals surface area contributed by atoms with Crippen LogP contribution < -0.4 is 20.9 Å². The van der Waals surface area contributed by atoms with Gasteiger partial charge in [0.25, 0.3) is 10.1 Å². The molecule has 36 heavy (non-hydrogen) atoms. The molecule has 14 heteroatoms. The normalized spacial score (nSPS) is 12.8. The van der Waals surface area contributed by atoms with E-state index in [1.807, 2.05) is 0 Å². The summed E-state index contributed by atoms with van der Waals surface area (Å²) < 4.78 is 1.05. The standard InChI is InChI=1S/C22H22N8O4S2/c23-17(7-13-9-25-11-27-13)19(31)15-3-1-5-29(33)21(15)35-36-22-16(4-2-6-30(22)34)20(32)18(24)8-14-10-26-12-28-14/h1-6,9-12,17-18H,7-8,23-24H2,(H,25,27)(H,26,28)/t17-,18-/m0/s1.